The minimum Gasteiger partial charge on any atom is -0.506 e. The Morgan fingerprint density at radius 1 is 1.12 bits per heavy atom. The van der Waals surface area contributed by atoms with Crippen LogP contribution in [0.25, 0.3) is 0 Å². The minimum atomic E-state index is -0.659. The number of anilines is 1. The van der Waals surface area contributed by atoms with E-state index >= 15 is 0 Å². The third kappa shape index (κ3) is 3.09. The highest BCUT2D eigenvalue weighted by Gasteiger charge is 2.35. The van der Waals surface area contributed by atoms with Crippen molar-refractivity contribution in [2.45, 2.75) is 6.42 Å². The Hall–Kier alpha value is -3.75. The predicted molar refractivity (Wildman–Crippen MR) is 89.8 cm³/mol. The lowest BCUT2D eigenvalue weighted by molar-refractivity contribution is -0.384. The molecular formula is C17H13N3O6. The molecule has 1 aliphatic heterocycles. The summed E-state index contributed by atoms with van der Waals surface area (Å²) >= 11 is 0. The zero-order valence-electron chi connectivity index (χ0n) is 13.3. The van der Waals surface area contributed by atoms with Crippen LogP contribution in [0, 0.1) is 10.1 Å². The van der Waals surface area contributed by atoms with Crippen LogP contribution in [-0.2, 0) is 4.79 Å². The topological polar surface area (TPSA) is 130 Å². The molecule has 2 aromatic rings. The van der Waals surface area contributed by atoms with Gasteiger partial charge in [-0.1, -0.05) is 12.1 Å². The van der Waals surface area contributed by atoms with Crippen LogP contribution >= 0.6 is 0 Å². The minimum absolute atomic E-state index is 0.119. The number of non-ortho nitro benzene ring substituents is 1. The van der Waals surface area contributed by atoms with Gasteiger partial charge in [-0.25, -0.2) is 0 Å². The van der Waals surface area contributed by atoms with Crippen LogP contribution < -0.4 is 5.32 Å². The van der Waals surface area contributed by atoms with Gasteiger partial charge in [0.05, 0.1) is 21.7 Å². The number of hydrogen-bond donors (Lipinski definition) is 2. The maximum Gasteiger partial charge on any atom is 0.271 e. The molecule has 1 aliphatic rings. The molecule has 26 heavy (non-hydrogen) atoms. The number of aromatic hydroxyl groups is 1. The number of nitro benzene ring substituents is 1. The lowest BCUT2D eigenvalue weighted by atomic mass is 10.1. The number of rotatable bonds is 5. The Morgan fingerprint density at radius 3 is 2.31 bits per heavy atom. The number of nitrogens with zero attached hydrogens (tertiary/aromatic N) is 2. The molecule has 9 nitrogen and oxygen atoms in total. The first-order valence-electron chi connectivity index (χ1n) is 7.61. The molecule has 0 aliphatic carbocycles. The highest BCUT2D eigenvalue weighted by atomic mass is 16.6. The summed E-state index contributed by atoms with van der Waals surface area (Å²) in [6.07, 6.45) is -0.215. The van der Waals surface area contributed by atoms with Gasteiger partial charge in [0.1, 0.15) is 5.75 Å². The molecule has 0 saturated carbocycles. The van der Waals surface area contributed by atoms with Gasteiger partial charge in [-0.15, -0.1) is 0 Å². The van der Waals surface area contributed by atoms with Gasteiger partial charge >= 0.3 is 0 Å². The Balaban J connectivity index is 1.66. The normalized spacial score (nSPS) is 12.8. The first kappa shape index (κ1) is 17.1. The predicted octanol–water partition coefficient (Wildman–Crippen LogP) is 1.93. The molecule has 1 heterocycles. The van der Waals surface area contributed by atoms with Crippen LogP contribution in [0.3, 0.4) is 0 Å². The summed E-state index contributed by atoms with van der Waals surface area (Å²) in [6, 6.07) is 9.58. The maximum absolute atomic E-state index is 12.2. The highest BCUT2D eigenvalue weighted by Crippen LogP contribution is 2.28. The van der Waals surface area contributed by atoms with Gasteiger partial charge in [-0.3, -0.25) is 29.4 Å². The van der Waals surface area contributed by atoms with E-state index in [9.17, 15) is 29.6 Å². The van der Waals surface area contributed by atoms with Gasteiger partial charge in [0.2, 0.25) is 5.91 Å². The number of phenolic OH excluding ortho intramolecular Hbond substituents is 1. The molecule has 0 aromatic heterocycles. The summed E-state index contributed by atoms with van der Waals surface area (Å²) in [7, 11) is 0. The van der Waals surface area contributed by atoms with Crippen molar-refractivity contribution < 1.29 is 24.4 Å². The number of carbonyl (C=O) groups excluding carboxylic acids is 3. The third-order valence-corrected chi connectivity index (χ3v) is 3.91. The second kappa shape index (κ2) is 6.63. The number of amides is 3. The Morgan fingerprint density at radius 2 is 1.73 bits per heavy atom. The fourth-order valence-electron chi connectivity index (χ4n) is 2.61. The molecule has 3 amide bonds. The number of carbonyl (C=O) groups is 3. The van der Waals surface area contributed by atoms with Crippen LogP contribution in [0.4, 0.5) is 11.4 Å². The molecule has 132 valence electrons. The maximum atomic E-state index is 12.2. The SMILES string of the molecule is O=C(CCN1C(=O)c2ccccc2C1=O)Nc1cc([N+](=O)[O-])ccc1O. The van der Waals surface area contributed by atoms with E-state index in [-0.39, 0.29) is 41.2 Å². The van der Waals surface area contributed by atoms with Crippen LogP contribution in [-0.4, -0.2) is 39.2 Å². The van der Waals surface area contributed by atoms with Gasteiger partial charge in [-0.05, 0) is 18.2 Å². The quantitative estimate of drug-likeness (QED) is 0.365. The molecule has 0 saturated heterocycles. The number of phenols is 1. The Bertz CT molecular complexity index is 905. The largest absolute Gasteiger partial charge is 0.506 e. The lowest BCUT2D eigenvalue weighted by Crippen LogP contribution is -2.32. The van der Waals surface area contributed by atoms with Crippen molar-refractivity contribution in [3.8, 4) is 5.75 Å². The average Bonchev–Trinajstić information content (AvgIpc) is 2.86. The molecule has 0 atom stereocenters. The third-order valence-electron chi connectivity index (χ3n) is 3.91. The van der Waals surface area contributed by atoms with Crippen molar-refractivity contribution >= 4 is 29.1 Å². The first-order chi connectivity index (χ1) is 12.4. The van der Waals surface area contributed by atoms with E-state index in [2.05, 4.69) is 5.32 Å². The monoisotopic (exact) mass is 355 g/mol. The summed E-state index contributed by atoms with van der Waals surface area (Å²) in [5, 5.41) is 22.8. The number of nitro groups is 1. The number of hydrogen-bond acceptors (Lipinski definition) is 6. The van der Waals surface area contributed by atoms with E-state index in [1.807, 2.05) is 0 Å². The molecule has 9 heteroatoms. The van der Waals surface area contributed by atoms with Crippen molar-refractivity contribution in [3.05, 3.63) is 63.7 Å². The van der Waals surface area contributed by atoms with Crippen LogP contribution in [0.5, 0.6) is 5.75 Å². The highest BCUT2D eigenvalue weighted by molar-refractivity contribution is 6.21. The van der Waals surface area contributed by atoms with E-state index in [0.29, 0.717) is 0 Å². The van der Waals surface area contributed by atoms with Gasteiger partial charge in [-0.2, -0.15) is 0 Å². The molecule has 2 N–H and O–H groups in total. The van der Waals surface area contributed by atoms with Crippen LogP contribution in [0.1, 0.15) is 27.1 Å². The van der Waals surface area contributed by atoms with Gasteiger partial charge in [0, 0.05) is 25.1 Å². The number of fused-ring (bicyclic) bond motifs is 1. The first-order valence-corrected chi connectivity index (χ1v) is 7.61. The molecule has 0 fully saturated rings. The van der Waals surface area contributed by atoms with E-state index in [1.54, 1.807) is 12.1 Å². The summed E-state index contributed by atoms with van der Waals surface area (Å²) in [5.41, 5.74) is 0.161. The molecule has 0 bridgehead atoms. The molecule has 3 rings (SSSR count). The zero-order chi connectivity index (χ0) is 18.8. The van der Waals surface area contributed by atoms with Crippen molar-refractivity contribution in [1.82, 2.24) is 4.90 Å². The summed E-state index contributed by atoms with van der Waals surface area (Å²) in [5.74, 6) is -1.88. The van der Waals surface area contributed by atoms with Gasteiger partial charge in [0.25, 0.3) is 17.5 Å². The number of imide groups is 1. The lowest BCUT2D eigenvalue weighted by Gasteiger charge is -2.13. The summed E-state index contributed by atoms with van der Waals surface area (Å²) in [6.45, 7) is -0.145. The van der Waals surface area contributed by atoms with Crippen molar-refractivity contribution in [2.75, 3.05) is 11.9 Å². The summed E-state index contributed by atoms with van der Waals surface area (Å²) < 4.78 is 0. The average molecular weight is 355 g/mol. The number of nitrogens with one attached hydrogen (secondary N) is 1. The van der Waals surface area contributed by atoms with E-state index in [0.717, 1.165) is 23.1 Å². The molecule has 0 radical (unpaired) electrons. The zero-order valence-corrected chi connectivity index (χ0v) is 13.3. The van der Waals surface area contributed by atoms with Crippen molar-refractivity contribution in [1.29, 1.82) is 0 Å². The summed E-state index contributed by atoms with van der Waals surface area (Å²) in [4.78, 5) is 47.5. The van der Waals surface area contributed by atoms with E-state index < -0.39 is 22.6 Å². The van der Waals surface area contributed by atoms with Crippen LogP contribution in [0.2, 0.25) is 0 Å². The fourth-order valence-corrected chi connectivity index (χ4v) is 2.61. The number of benzene rings is 2. The molecule has 2 aromatic carbocycles. The van der Waals surface area contributed by atoms with Gasteiger partial charge in [0.15, 0.2) is 0 Å². The molecular weight excluding hydrogens is 342 g/mol. The second-order valence-corrected chi connectivity index (χ2v) is 5.56. The van der Waals surface area contributed by atoms with Crippen LogP contribution in [0.15, 0.2) is 42.5 Å². The smallest absolute Gasteiger partial charge is 0.271 e. The van der Waals surface area contributed by atoms with Crippen molar-refractivity contribution in [3.63, 3.8) is 0 Å². The van der Waals surface area contributed by atoms with Crippen molar-refractivity contribution in [2.24, 2.45) is 0 Å². The molecule has 0 spiro atoms. The van der Waals surface area contributed by atoms with Gasteiger partial charge < -0.3 is 10.4 Å². The molecule has 0 unspecified atom stereocenters. The van der Waals surface area contributed by atoms with E-state index in [1.165, 1.54) is 12.1 Å². The second-order valence-electron chi connectivity index (χ2n) is 5.56. The van der Waals surface area contributed by atoms with E-state index in [4.69, 9.17) is 0 Å². The standard InChI is InChI=1S/C17H13N3O6/c21-14-6-5-10(20(25)26)9-13(14)18-15(22)7-8-19-16(23)11-3-1-2-4-12(11)17(19)24/h1-6,9,21H,7-8H2,(H,18,22). The Labute approximate surface area is 147 Å². The Kier molecular flexibility index (Phi) is 4.36. The fraction of sp³-hybridized carbons (Fsp3) is 0.118.